The van der Waals surface area contributed by atoms with Gasteiger partial charge in [0.25, 0.3) is 0 Å². The largest absolute Gasteiger partial charge is 0.480 e. The molecule has 0 bridgehead atoms. The topological polar surface area (TPSA) is 94.9 Å². The van der Waals surface area contributed by atoms with E-state index in [9.17, 15) is 24.6 Å². The smallest absolute Gasteiger partial charge is 0.329 e. The van der Waals surface area contributed by atoms with Gasteiger partial charge < -0.3 is 10.2 Å². The van der Waals surface area contributed by atoms with Crippen molar-refractivity contribution in [1.82, 2.24) is 4.90 Å². The molecule has 0 aromatic carbocycles. The first-order valence-corrected chi connectivity index (χ1v) is 6.91. The van der Waals surface area contributed by atoms with Crippen molar-refractivity contribution in [2.75, 3.05) is 0 Å². The van der Waals surface area contributed by atoms with Gasteiger partial charge in [-0.05, 0) is 32.1 Å². The molecule has 2 aliphatic rings. The molecule has 1 saturated heterocycles. The van der Waals surface area contributed by atoms with Gasteiger partial charge in [-0.15, -0.1) is 0 Å². The van der Waals surface area contributed by atoms with Crippen LogP contribution in [-0.4, -0.2) is 44.5 Å². The third-order valence-corrected chi connectivity index (χ3v) is 3.98. The number of carboxylic acid groups (broad SMARTS) is 1. The van der Waals surface area contributed by atoms with Crippen LogP contribution in [0.5, 0.6) is 0 Å². The average molecular weight is 281 g/mol. The van der Waals surface area contributed by atoms with E-state index in [2.05, 4.69) is 0 Å². The SMILES string of the molecule is O=C(O)[C@H](N1C(=O)CCC1=O)C1(O)CC/C=C\CCC1. The molecule has 2 amide bonds. The molecular weight excluding hydrogens is 262 g/mol. The molecule has 1 aliphatic carbocycles. The van der Waals surface area contributed by atoms with Gasteiger partial charge in [0.05, 0.1) is 5.60 Å². The molecule has 0 radical (unpaired) electrons. The van der Waals surface area contributed by atoms with Gasteiger partial charge >= 0.3 is 5.97 Å². The quantitative estimate of drug-likeness (QED) is 0.590. The van der Waals surface area contributed by atoms with Crippen molar-refractivity contribution in [3.63, 3.8) is 0 Å². The van der Waals surface area contributed by atoms with Gasteiger partial charge in [0.15, 0.2) is 6.04 Å². The van der Waals surface area contributed by atoms with E-state index in [-0.39, 0.29) is 25.7 Å². The van der Waals surface area contributed by atoms with Crippen molar-refractivity contribution in [2.45, 2.75) is 56.6 Å². The number of aliphatic hydroxyl groups is 1. The predicted octanol–water partition coefficient (Wildman–Crippen LogP) is 0.840. The summed E-state index contributed by atoms with van der Waals surface area (Å²) in [5, 5.41) is 20.2. The van der Waals surface area contributed by atoms with Crippen molar-refractivity contribution < 1.29 is 24.6 Å². The summed E-state index contributed by atoms with van der Waals surface area (Å²) < 4.78 is 0. The fraction of sp³-hybridized carbons (Fsp3) is 0.643. The molecule has 0 aromatic rings. The number of hydrogen-bond donors (Lipinski definition) is 2. The number of nitrogens with zero attached hydrogens (tertiary/aromatic N) is 1. The summed E-state index contributed by atoms with van der Waals surface area (Å²) in [6.07, 6.45) is 6.39. The van der Waals surface area contributed by atoms with Gasteiger partial charge in [-0.1, -0.05) is 12.2 Å². The summed E-state index contributed by atoms with van der Waals surface area (Å²) in [6, 6.07) is -1.48. The number of rotatable bonds is 3. The second-order valence-electron chi connectivity index (χ2n) is 5.40. The highest BCUT2D eigenvalue weighted by Crippen LogP contribution is 2.32. The van der Waals surface area contributed by atoms with Crippen LogP contribution in [0.3, 0.4) is 0 Å². The highest BCUT2D eigenvalue weighted by molar-refractivity contribution is 6.05. The van der Waals surface area contributed by atoms with Gasteiger partial charge in [0, 0.05) is 12.8 Å². The Morgan fingerprint density at radius 1 is 1.15 bits per heavy atom. The highest BCUT2D eigenvalue weighted by Gasteiger charge is 2.50. The number of hydrogen-bond acceptors (Lipinski definition) is 4. The lowest BCUT2D eigenvalue weighted by molar-refractivity contribution is -0.167. The first-order valence-electron chi connectivity index (χ1n) is 6.91. The minimum atomic E-state index is -1.55. The summed E-state index contributed by atoms with van der Waals surface area (Å²) in [7, 11) is 0. The van der Waals surface area contributed by atoms with E-state index in [4.69, 9.17) is 0 Å². The molecule has 1 aliphatic heterocycles. The molecule has 110 valence electrons. The number of carboxylic acids is 1. The fourth-order valence-corrected chi connectivity index (χ4v) is 2.96. The molecule has 1 heterocycles. The van der Waals surface area contributed by atoms with E-state index in [1.54, 1.807) is 0 Å². The first kappa shape index (κ1) is 14.7. The predicted molar refractivity (Wildman–Crippen MR) is 69.7 cm³/mol. The highest BCUT2D eigenvalue weighted by atomic mass is 16.4. The van der Waals surface area contributed by atoms with Gasteiger partial charge in [-0.25, -0.2) is 4.79 Å². The Balaban J connectivity index is 2.31. The maximum absolute atomic E-state index is 11.8. The van der Waals surface area contributed by atoms with E-state index in [1.807, 2.05) is 12.2 Å². The number of amides is 2. The molecule has 2 N–H and O–H groups in total. The molecule has 0 aromatic heterocycles. The van der Waals surface area contributed by atoms with E-state index >= 15 is 0 Å². The summed E-state index contributed by atoms with van der Waals surface area (Å²) in [4.78, 5) is 35.9. The summed E-state index contributed by atoms with van der Waals surface area (Å²) in [5.74, 6) is -2.33. The Bertz CT molecular complexity index is 442. The molecule has 2 rings (SSSR count). The summed E-state index contributed by atoms with van der Waals surface area (Å²) >= 11 is 0. The normalized spacial score (nSPS) is 30.8. The molecule has 0 saturated carbocycles. The molecule has 0 spiro atoms. The molecule has 1 fully saturated rings. The monoisotopic (exact) mass is 281 g/mol. The maximum atomic E-state index is 11.8. The van der Waals surface area contributed by atoms with Crippen LogP contribution in [0.15, 0.2) is 12.2 Å². The number of imide groups is 1. The van der Waals surface area contributed by atoms with Crippen LogP contribution < -0.4 is 0 Å². The zero-order valence-electron chi connectivity index (χ0n) is 11.2. The van der Waals surface area contributed by atoms with Crippen LogP contribution in [0.25, 0.3) is 0 Å². The van der Waals surface area contributed by atoms with Gasteiger partial charge in [0.2, 0.25) is 11.8 Å². The third kappa shape index (κ3) is 2.75. The zero-order chi connectivity index (χ0) is 14.8. The van der Waals surface area contributed by atoms with Gasteiger partial charge in [-0.2, -0.15) is 0 Å². The lowest BCUT2D eigenvalue weighted by atomic mass is 9.82. The molecule has 2 atom stereocenters. The third-order valence-electron chi connectivity index (χ3n) is 3.98. The first-order chi connectivity index (χ1) is 9.46. The minimum Gasteiger partial charge on any atom is -0.480 e. The van der Waals surface area contributed by atoms with E-state index in [0.29, 0.717) is 12.8 Å². The number of aliphatic carboxylic acids is 1. The Labute approximate surface area is 117 Å². The second-order valence-corrected chi connectivity index (χ2v) is 5.40. The van der Waals surface area contributed by atoms with Crippen LogP contribution in [0.1, 0.15) is 44.9 Å². The van der Waals surface area contributed by atoms with Crippen LogP contribution in [-0.2, 0) is 14.4 Å². The van der Waals surface area contributed by atoms with Crippen molar-refractivity contribution in [2.24, 2.45) is 0 Å². The Morgan fingerprint density at radius 3 is 2.35 bits per heavy atom. The number of carbonyl (C=O) groups is 3. The van der Waals surface area contributed by atoms with Crippen LogP contribution >= 0.6 is 0 Å². The fourth-order valence-electron chi connectivity index (χ4n) is 2.96. The summed E-state index contributed by atoms with van der Waals surface area (Å²) in [6.45, 7) is 0. The van der Waals surface area contributed by atoms with Crippen LogP contribution in [0.2, 0.25) is 0 Å². The van der Waals surface area contributed by atoms with Gasteiger partial charge in [-0.3, -0.25) is 14.5 Å². The lowest BCUT2D eigenvalue weighted by Gasteiger charge is -2.38. The molecule has 6 heteroatoms. The van der Waals surface area contributed by atoms with Crippen molar-refractivity contribution >= 4 is 17.8 Å². The van der Waals surface area contributed by atoms with Crippen molar-refractivity contribution in [3.05, 3.63) is 12.2 Å². The minimum absolute atomic E-state index is 0.0264. The number of likely N-dealkylation sites (tertiary alicyclic amines) is 1. The van der Waals surface area contributed by atoms with E-state index in [1.165, 1.54) is 0 Å². The molecule has 6 nitrogen and oxygen atoms in total. The summed E-state index contributed by atoms with van der Waals surface area (Å²) in [5.41, 5.74) is -1.55. The second kappa shape index (κ2) is 5.75. The Hall–Kier alpha value is -1.69. The van der Waals surface area contributed by atoms with Crippen LogP contribution in [0.4, 0.5) is 0 Å². The number of carbonyl (C=O) groups excluding carboxylic acids is 2. The van der Waals surface area contributed by atoms with E-state index < -0.39 is 29.4 Å². The molecule has 20 heavy (non-hydrogen) atoms. The lowest BCUT2D eigenvalue weighted by Crippen LogP contribution is -2.58. The van der Waals surface area contributed by atoms with Crippen molar-refractivity contribution in [3.8, 4) is 0 Å². The van der Waals surface area contributed by atoms with Crippen LogP contribution in [0, 0.1) is 0 Å². The zero-order valence-corrected chi connectivity index (χ0v) is 11.2. The number of allylic oxidation sites excluding steroid dienone is 2. The molecular formula is C14H19NO5. The Kier molecular flexibility index (Phi) is 4.23. The molecule has 1 unspecified atom stereocenters. The standard InChI is InChI=1S/C14H19NO5/c16-10-6-7-11(17)15(10)12(13(18)19)14(20)8-4-2-1-3-5-9-14/h1-2,12,20H,3-9H2,(H,18,19)/b2-1-/t12-,14?/m0/s1. The Morgan fingerprint density at radius 2 is 1.75 bits per heavy atom. The van der Waals surface area contributed by atoms with Crippen molar-refractivity contribution in [1.29, 1.82) is 0 Å². The van der Waals surface area contributed by atoms with E-state index in [0.717, 1.165) is 11.3 Å². The van der Waals surface area contributed by atoms with Gasteiger partial charge in [0.1, 0.15) is 0 Å². The average Bonchev–Trinajstić information content (AvgIpc) is 2.66. The maximum Gasteiger partial charge on any atom is 0.329 e.